The van der Waals surface area contributed by atoms with Crippen LogP contribution in [-0.2, 0) is 12.8 Å². The normalized spacial score (nSPS) is 15.0. The first-order chi connectivity index (χ1) is 15.1. The fraction of sp³-hybridized carbons (Fsp3) is 0.391. The summed E-state index contributed by atoms with van der Waals surface area (Å²) in [7, 11) is 0. The van der Waals surface area contributed by atoms with Crippen molar-refractivity contribution in [1.29, 1.82) is 0 Å². The van der Waals surface area contributed by atoms with Gasteiger partial charge < -0.3 is 20.1 Å². The van der Waals surface area contributed by atoms with Crippen molar-refractivity contribution in [1.82, 2.24) is 10.0 Å². The predicted octanol–water partition coefficient (Wildman–Crippen LogP) is 4.43. The Balaban J connectivity index is 1.46. The van der Waals surface area contributed by atoms with Crippen LogP contribution in [0.1, 0.15) is 31.4 Å². The van der Waals surface area contributed by atoms with Gasteiger partial charge in [0.25, 0.3) is 0 Å². The van der Waals surface area contributed by atoms with Gasteiger partial charge in [0.05, 0.1) is 0 Å². The standard InChI is InChI=1S/C23H28N4O3S/c1-3-16-7-5-8-17(4-2)21(16)25-22(28)26-11-6-12-27(26)23(31)24-18-9-10-19-20(15-18)30-14-13-29-19/h5,7-10,15H,3-4,6,11-14H2,1-2H3,(H,24,31)(H,25,28). The maximum atomic E-state index is 13.2. The smallest absolute Gasteiger partial charge is 0.340 e. The Morgan fingerprint density at radius 1 is 0.968 bits per heavy atom. The first-order valence-electron chi connectivity index (χ1n) is 10.8. The lowest BCUT2D eigenvalue weighted by atomic mass is 10.0. The molecule has 2 aromatic rings. The topological polar surface area (TPSA) is 66.1 Å². The highest BCUT2D eigenvalue weighted by atomic mass is 32.1. The lowest BCUT2D eigenvalue weighted by Gasteiger charge is -2.31. The third-order valence-electron chi connectivity index (χ3n) is 5.52. The van der Waals surface area contributed by atoms with E-state index in [1.165, 1.54) is 0 Å². The molecule has 0 atom stereocenters. The van der Waals surface area contributed by atoms with Gasteiger partial charge in [-0.1, -0.05) is 32.0 Å². The van der Waals surface area contributed by atoms with Crippen molar-refractivity contribution in [3.05, 3.63) is 47.5 Å². The molecule has 2 amide bonds. The Morgan fingerprint density at radius 3 is 2.35 bits per heavy atom. The molecule has 2 aromatic carbocycles. The number of nitrogens with one attached hydrogen (secondary N) is 2. The van der Waals surface area contributed by atoms with E-state index in [-0.39, 0.29) is 6.03 Å². The molecule has 2 aliphatic rings. The van der Waals surface area contributed by atoms with Gasteiger partial charge in [-0.3, -0.25) is 5.01 Å². The maximum Gasteiger partial charge on any atom is 0.340 e. The Kier molecular flexibility index (Phi) is 6.46. The third kappa shape index (κ3) is 4.54. The number of para-hydroxylation sites is 1. The van der Waals surface area contributed by atoms with E-state index in [2.05, 4.69) is 36.6 Å². The van der Waals surface area contributed by atoms with Gasteiger partial charge in [0.15, 0.2) is 16.6 Å². The van der Waals surface area contributed by atoms with Crippen molar-refractivity contribution in [2.45, 2.75) is 33.1 Å². The number of carbonyl (C=O) groups excluding carboxylic acids is 1. The van der Waals surface area contributed by atoms with E-state index in [0.717, 1.165) is 47.5 Å². The molecule has 0 saturated carbocycles. The molecule has 2 aliphatic heterocycles. The molecular formula is C23H28N4O3S. The van der Waals surface area contributed by atoms with Crippen LogP contribution < -0.4 is 20.1 Å². The summed E-state index contributed by atoms with van der Waals surface area (Å²) in [6.45, 7) is 6.57. The van der Waals surface area contributed by atoms with E-state index >= 15 is 0 Å². The maximum absolute atomic E-state index is 13.2. The predicted molar refractivity (Wildman–Crippen MR) is 126 cm³/mol. The van der Waals surface area contributed by atoms with Crippen molar-refractivity contribution >= 4 is 34.7 Å². The van der Waals surface area contributed by atoms with Crippen LogP contribution in [-0.4, -0.2) is 47.5 Å². The molecule has 1 fully saturated rings. The van der Waals surface area contributed by atoms with Crippen LogP contribution in [0.15, 0.2) is 36.4 Å². The van der Waals surface area contributed by atoms with Gasteiger partial charge >= 0.3 is 6.03 Å². The largest absolute Gasteiger partial charge is 0.486 e. The molecule has 4 rings (SSSR count). The van der Waals surface area contributed by atoms with Gasteiger partial charge in [-0.15, -0.1) is 0 Å². The Hall–Kier alpha value is -3.00. The number of aryl methyl sites for hydroxylation is 2. The lowest BCUT2D eigenvalue weighted by Crippen LogP contribution is -2.48. The number of anilines is 2. The van der Waals surface area contributed by atoms with Gasteiger partial charge in [0.2, 0.25) is 0 Å². The first-order valence-corrected chi connectivity index (χ1v) is 11.2. The molecule has 164 valence electrons. The van der Waals surface area contributed by atoms with Crippen LogP contribution >= 0.6 is 12.2 Å². The van der Waals surface area contributed by atoms with Gasteiger partial charge in [-0.25, -0.2) is 9.80 Å². The molecule has 0 aliphatic carbocycles. The second-order valence-corrected chi connectivity index (χ2v) is 7.86. The number of ether oxygens (including phenoxy) is 2. The Bertz CT molecular complexity index is 959. The number of hydrogen-bond acceptors (Lipinski definition) is 4. The summed E-state index contributed by atoms with van der Waals surface area (Å²) in [4.78, 5) is 13.2. The average molecular weight is 441 g/mol. The molecule has 1 saturated heterocycles. The van der Waals surface area contributed by atoms with Gasteiger partial charge in [0.1, 0.15) is 13.2 Å². The van der Waals surface area contributed by atoms with E-state index in [9.17, 15) is 4.79 Å². The quantitative estimate of drug-likeness (QED) is 0.686. The number of amides is 2. The van der Waals surface area contributed by atoms with Gasteiger partial charge in [-0.2, -0.15) is 0 Å². The van der Waals surface area contributed by atoms with Crippen molar-refractivity contribution < 1.29 is 14.3 Å². The molecule has 0 spiro atoms. The van der Waals surface area contributed by atoms with E-state index in [4.69, 9.17) is 21.7 Å². The van der Waals surface area contributed by atoms with Crippen molar-refractivity contribution in [3.63, 3.8) is 0 Å². The Morgan fingerprint density at radius 2 is 1.65 bits per heavy atom. The highest BCUT2D eigenvalue weighted by Crippen LogP contribution is 2.33. The third-order valence-corrected chi connectivity index (χ3v) is 5.84. The number of benzene rings is 2. The molecular weight excluding hydrogens is 412 g/mol. The van der Waals surface area contributed by atoms with Crippen LogP contribution in [0.4, 0.5) is 16.2 Å². The number of urea groups is 1. The zero-order chi connectivity index (χ0) is 21.8. The summed E-state index contributed by atoms with van der Waals surface area (Å²) >= 11 is 5.63. The van der Waals surface area contributed by atoms with E-state index in [1.54, 1.807) is 5.01 Å². The van der Waals surface area contributed by atoms with Crippen molar-refractivity contribution in [2.24, 2.45) is 0 Å². The van der Waals surface area contributed by atoms with Crippen LogP contribution in [0.5, 0.6) is 11.5 Å². The zero-order valence-corrected chi connectivity index (χ0v) is 18.8. The number of carbonyl (C=O) groups is 1. The monoisotopic (exact) mass is 440 g/mol. The molecule has 31 heavy (non-hydrogen) atoms. The summed E-state index contributed by atoms with van der Waals surface area (Å²) < 4.78 is 11.2. The van der Waals surface area contributed by atoms with Crippen LogP contribution in [0.25, 0.3) is 0 Å². The Labute approximate surface area is 188 Å². The molecule has 7 nitrogen and oxygen atoms in total. The molecule has 0 aromatic heterocycles. The minimum absolute atomic E-state index is 0.167. The number of fused-ring (bicyclic) bond motifs is 1. The molecule has 2 heterocycles. The zero-order valence-electron chi connectivity index (χ0n) is 17.9. The summed E-state index contributed by atoms with van der Waals surface area (Å²) in [6.07, 6.45) is 2.57. The molecule has 0 bridgehead atoms. The highest BCUT2D eigenvalue weighted by molar-refractivity contribution is 7.80. The van der Waals surface area contributed by atoms with Crippen molar-refractivity contribution in [2.75, 3.05) is 36.9 Å². The number of nitrogens with zero attached hydrogens (tertiary/aromatic N) is 2. The second kappa shape index (κ2) is 9.43. The summed E-state index contributed by atoms with van der Waals surface area (Å²) in [6, 6.07) is 11.6. The van der Waals surface area contributed by atoms with E-state index < -0.39 is 0 Å². The SMILES string of the molecule is CCc1cccc(CC)c1NC(=O)N1CCCN1C(=S)Nc1ccc2c(c1)OCCO2. The van der Waals surface area contributed by atoms with Gasteiger partial charge in [-0.05, 0) is 54.7 Å². The minimum atomic E-state index is -0.167. The van der Waals surface area contributed by atoms with Crippen LogP contribution in [0.3, 0.4) is 0 Å². The summed E-state index contributed by atoms with van der Waals surface area (Å²) in [5.74, 6) is 1.42. The molecule has 0 unspecified atom stereocenters. The van der Waals surface area contributed by atoms with Crippen LogP contribution in [0.2, 0.25) is 0 Å². The van der Waals surface area contributed by atoms with Crippen LogP contribution in [0, 0.1) is 0 Å². The number of rotatable bonds is 4. The number of thiocarbonyl (C=S) groups is 1. The van der Waals surface area contributed by atoms with E-state index in [1.807, 2.05) is 29.3 Å². The highest BCUT2D eigenvalue weighted by Gasteiger charge is 2.29. The van der Waals surface area contributed by atoms with Gasteiger partial charge in [0, 0.05) is 30.5 Å². The number of hydrazine groups is 1. The summed E-state index contributed by atoms with van der Waals surface area (Å²) in [5.41, 5.74) is 3.98. The second-order valence-electron chi connectivity index (χ2n) is 7.48. The fourth-order valence-corrected chi connectivity index (χ4v) is 4.23. The molecule has 0 radical (unpaired) electrons. The summed E-state index contributed by atoms with van der Waals surface area (Å²) in [5, 5.41) is 10.3. The molecule has 2 N–H and O–H groups in total. The lowest BCUT2D eigenvalue weighted by molar-refractivity contribution is 0.139. The fourth-order valence-electron chi connectivity index (χ4n) is 3.92. The van der Waals surface area contributed by atoms with E-state index in [0.29, 0.717) is 37.2 Å². The molecule has 8 heteroatoms. The first kappa shape index (κ1) is 21.2. The van der Waals surface area contributed by atoms with Crippen molar-refractivity contribution in [3.8, 4) is 11.5 Å². The average Bonchev–Trinajstić information content (AvgIpc) is 3.29. The number of hydrogen-bond donors (Lipinski definition) is 2. The minimum Gasteiger partial charge on any atom is -0.486 e.